The van der Waals surface area contributed by atoms with Crippen LogP contribution >= 0.6 is 0 Å². The highest BCUT2D eigenvalue weighted by Gasteiger charge is 2.43. The lowest BCUT2D eigenvalue weighted by molar-refractivity contribution is 0.151. The molecule has 3 rings (SSSR count). The number of aliphatic imine (C=N–C) groups is 1. The van der Waals surface area contributed by atoms with Crippen LogP contribution in [0.4, 0.5) is 0 Å². The molecule has 126 valence electrons. The van der Waals surface area contributed by atoms with E-state index in [1.54, 1.807) is 7.11 Å². The summed E-state index contributed by atoms with van der Waals surface area (Å²) in [4.78, 5) is 6.93. The van der Waals surface area contributed by atoms with Gasteiger partial charge in [-0.2, -0.15) is 0 Å². The topological polar surface area (TPSA) is 36.9 Å². The minimum absolute atomic E-state index is 0.626. The van der Waals surface area contributed by atoms with Crippen molar-refractivity contribution >= 4 is 5.96 Å². The van der Waals surface area contributed by atoms with E-state index in [1.807, 2.05) is 19.2 Å². The largest absolute Gasteiger partial charge is 0.497 e. The Balaban J connectivity index is 1.40. The first-order valence-corrected chi connectivity index (χ1v) is 8.83. The summed E-state index contributed by atoms with van der Waals surface area (Å²) in [6.45, 7) is 3.34. The maximum atomic E-state index is 5.19. The predicted molar refractivity (Wildman–Crippen MR) is 95.2 cm³/mol. The molecule has 1 saturated carbocycles. The van der Waals surface area contributed by atoms with Gasteiger partial charge < -0.3 is 15.0 Å². The van der Waals surface area contributed by atoms with Gasteiger partial charge in [-0.1, -0.05) is 18.6 Å². The Hall–Kier alpha value is -1.71. The van der Waals surface area contributed by atoms with Crippen molar-refractivity contribution in [2.24, 2.45) is 10.4 Å². The first-order chi connectivity index (χ1) is 11.2. The van der Waals surface area contributed by atoms with Gasteiger partial charge in [0.2, 0.25) is 0 Å². The Bertz CT molecular complexity index is 534. The number of nitrogens with zero attached hydrogens (tertiary/aromatic N) is 2. The third kappa shape index (κ3) is 3.80. The van der Waals surface area contributed by atoms with Crippen LogP contribution in [0.15, 0.2) is 29.3 Å². The van der Waals surface area contributed by atoms with E-state index in [2.05, 4.69) is 27.3 Å². The fourth-order valence-corrected chi connectivity index (χ4v) is 3.82. The Morgan fingerprint density at radius 2 is 2.04 bits per heavy atom. The van der Waals surface area contributed by atoms with E-state index in [1.165, 1.54) is 37.8 Å². The van der Waals surface area contributed by atoms with Crippen LogP contribution in [0.25, 0.3) is 0 Å². The lowest BCUT2D eigenvalue weighted by Crippen LogP contribution is -2.42. The van der Waals surface area contributed by atoms with E-state index >= 15 is 0 Å². The molecule has 0 amide bonds. The molecule has 2 fully saturated rings. The van der Waals surface area contributed by atoms with Gasteiger partial charge in [0.05, 0.1) is 7.11 Å². The van der Waals surface area contributed by atoms with Gasteiger partial charge in [-0.05, 0) is 55.2 Å². The number of methoxy groups -OCH3 is 1. The summed E-state index contributed by atoms with van der Waals surface area (Å²) in [6.07, 6.45) is 7.79. The Kier molecular flexibility index (Phi) is 5.09. The van der Waals surface area contributed by atoms with E-state index in [0.29, 0.717) is 5.41 Å². The molecule has 23 heavy (non-hydrogen) atoms. The molecule has 0 unspecified atom stereocenters. The van der Waals surface area contributed by atoms with Gasteiger partial charge in [0.25, 0.3) is 0 Å². The van der Waals surface area contributed by atoms with Crippen molar-refractivity contribution in [3.63, 3.8) is 0 Å². The zero-order chi connectivity index (χ0) is 16.1. The average Bonchev–Trinajstić information content (AvgIpc) is 3.01. The van der Waals surface area contributed by atoms with Gasteiger partial charge in [-0.25, -0.2) is 0 Å². The normalized spacial score (nSPS) is 19.7. The van der Waals surface area contributed by atoms with Crippen molar-refractivity contribution < 1.29 is 4.74 Å². The lowest BCUT2D eigenvalue weighted by atomic mass is 9.68. The molecule has 0 radical (unpaired) electrons. The van der Waals surface area contributed by atoms with Crippen LogP contribution in [0, 0.1) is 5.41 Å². The van der Waals surface area contributed by atoms with Crippen LogP contribution in [0.3, 0.4) is 0 Å². The molecule has 4 nitrogen and oxygen atoms in total. The number of likely N-dealkylation sites (tertiary alicyclic amines) is 1. The summed E-state index contributed by atoms with van der Waals surface area (Å²) in [5, 5.41) is 3.54. The van der Waals surface area contributed by atoms with Crippen LogP contribution in [-0.4, -0.2) is 44.7 Å². The summed E-state index contributed by atoms with van der Waals surface area (Å²) in [5.74, 6) is 2.01. The van der Waals surface area contributed by atoms with Crippen molar-refractivity contribution in [2.75, 3.05) is 33.8 Å². The molecule has 1 aliphatic heterocycles. The maximum absolute atomic E-state index is 5.19. The smallest absolute Gasteiger partial charge is 0.193 e. The molecule has 1 aliphatic carbocycles. The van der Waals surface area contributed by atoms with Crippen molar-refractivity contribution in [1.29, 1.82) is 0 Å². The van der Waals surface area contributed by atoms with Crippen LogP contribution < -0.4 is 10.1 Å². The van der Waals surface area contributed by atoms with Gasteiger partial charge in [-0.3, -0.25) is 4.99 Å². The highest BCUT2D eigenvalue weighted by atomic mass is 16.5. The van der Waals surface area contributed by atoms with Crippen molar-refractivity contribution in [1.82, 2.24) is 10.2 Å². The Labute approximate surface area is 139 Å². The molecule has 0 aromatic heterocycles. The molecule has 1 spiro atoms. The van der Waals surface area contributed by atoms with E-state index in [0.717, 1.165) is 37.6 Å². The quantitative estimate of drug-likeness (QED) is 0.515. The van der Waals surface area contributed by atoms with Gasteiger partial charge in [0.15, 0.2) is 5.96 Å². The van der Waals surface area contributed by atoms with E-state index in [4.69, 9.17) is 4.74 Å². The van der Waals surface area contributed by atoms with Crippen molar-refractivity contribution in [3.05, 3.63) is 29.8 Å². The second kappa shape index (κ2) is 7.24. The predicted octanol–water partition coefficient (Wildman–Crippen LogP) is 3.08. The van der Waals surface area contributed by atoms with Gasteiger partial charge in [0, 0.05) is 26.7 Å². The molecule has 0 atom stereocenters. The number of rotatable bonds is 5. The molecule has 1 saturated heterocycles. The average molecular weight is 315 g/mol. The highest BCUT2D eigenvalue weighted by molar-refractivity contribution is 5.80. The number of hydrogen-bond donors (Lipinski definition) is 1. The van der Waals surface area contributed by atoms with E-state index in [9.17, 15) is 0 Å². The second-order valence-electron chi connectivity index (χ2n) is 6.95. The molecule has 1 heterocycles. The molecule has 1 aromatic carbocycles. The minimum Gasteiger partial charge on any atom is -0.497 e. The number of guanidine groups is 1. The third-order valence-corrected chi connectivity index (χ3v) is 5.45. The van der Waals surface area contributed by atoms with Gasteiger partial charge in [0.1, 0.15) is 5.75 Å². The zero-order valence-electron chi connectivity index (χ0n) is 14.5. The van der Waals surface area contributed by atoms with Gasteiger partial charge >= 0.3 is 0 Å². The van der Waals surface area contributed by atoms with E-state index < -0.39 is 0 Å². The number of ether oxygens (including phenoxy) is 1. The summed E-state index contributed by atoms with van der Waals surface area (Å²) < 4.78 is 5.19. The first kappa shape index (κ1) is 16.2. The monoisotopic (exact) mass is 315 g/mol. The molecule has 4 heteroatoms. The second-order valence-corrected chi connectivity index (χ2v) is 6.95. The van der Waals surface area contributed by atoms with Crippen molar-refractivity contribution in [2.45, 2.75) is 38.5 Å². The number of aryl methyl sites for hydroxylation is 1. The fraction of sp³-hybridized carbons (Fsp3) is 0.632. The first-order valence-electron chi connectivity index (χ1n) is 8.83. The van der Waals surface area contributed by atoms with E-state index in [-0.39, 0.29) is 0 Å². The molecular weight excluding hydrogens is 286 g/mol. The molecular formula is C19H29N3O. The number of nitrogens with one attached hydrogen (secondary N) is 1. The molecule has 0 bridgehead atoms. The summed E-state index contributed by atoms with van der Waals surface area (Å²) in [6, 6.07) is 8.36. The SMILES string of the molecule is CN=C(NCCCc1ccc(OC)cc1)N1CCC2(CCC2)C1. The molecule has 1 N–H and O–H groups in total. The zero-order valence-corrected chi connectivity index (χ0v) is 14.5. The summed E-state index contributed by atoms with van der Waals surface area (Å²) >= 11 is 0. The van der Waals surface area contributed by atoms with Gasteiger partial charge in [-0.15, -0.1) is 0 Å². The summed E-state index contributed by atoms with van der Waals surface area (Å²) in [5.41, 5.74) is 1.98. The number of benzene rings is 1. The fourth-order valence-electron chi connectivity index (χ4n) is 3.82. The maximum Gasteiger partial charge on any atom is 0.193 e. The minimum atomic E-state index is 0.626. The highest BCUT2D eigenvalue weighted by Crippen LogP contribution is 2.47. The van der Waals surface area contributed by atoms with Crippen LogP contribution in [0.2, 0.25) is 0 Å². The Morgan fingerprint density at radius 1 is 1.26 bits per heavy atom. The van der Waals surface area contributed by atoms with Crippen LogP contribution in [0.5, 0.6) is 5.75 Å². The lowest BCUT2D eigenvalue weighted by Gasteiger charge is -2.38. The third-order valence-electron chi connectivity index (χ3n) is 5.45. The molecule has 2 aliphatic rings. The summed E-state index contributed by atoms with van der Waals surface area (Å²) in [7, 11) is 3.61. The Morgan fingerprint density at radius 3 is 2.61 bits per heavy atom. The van der Waals surface area contributed by atoms with Crippen LogP contribution in [0.1, 0.15) is 37.7 Å². The van der Waals surface area contributed by atoms with Crippen molar-refractivity contribution in [3.8, 4) is 5.75 Å². The molecule has 1 aromatic rings. The number of hydrogen-bond acceptors (Lipinski definition) is 2. The van der Waals surface area contributed by atoms with Crippen LogP contribution in [-0.2, 0) is 6.42 Å². The standard InChI is InChI=1S/C19H29N3O/c1-20-18(22-14-12-19(15-22)10-4-11-19)21-13-3-5-16-6-8-17(23-2)9-7-16/h6-9H,3-5,10-15H2,1-2H3,(H,20,21).